The minimum absolute atomic E-state index is 0.0844. The van der Waals surface area contributed by atoms with Gasteiger partial charge in [-0.1, -0.05) is 263 Å². The van der Waals surface area contributed by atoms with Crippen LogP contribution < -0.4 is 9.47 Å². The van der Waals surface area contributed by atoms with Gasteiger partial charge in [0.25, 0.3) is 0 Å². The fourth-order valence-corrected chi connectivity index (χ4v) is 13.8. The second-order valence-corrected chi connectivity index (χ2v) is 36.9. The van der Waals surface area contributed by atoms with Gasteiger partial charge in [-0.2, -0.15) is 0 Å². The Hall–Kier alpha value is -7.84. The molecule has 0 saturated heterocycles. The number of rotatable bonds is 0. The summed E-state index contributed by atoms with van der Waals surface area (Å²) in [6, 6.07) is 34.0. The molecule has 1 aliphatic carbocycles. The van der Waals surface area contributed by atoms with Crippen molar-refractivity contribution in [3.8, 4) is 46.0 Å². The van der Waals surface area contributed by atoms with Crippen molar-refractivity contribution in [2.24, 2.45) is 0 Å². The fraction of sp³-hybridized carbons (Fsp3) is 0.461. The molecular formula is C89H112O8. The van der Waals surface area contributed by atoms with Crippen LogP contribution in [0.4, 0.5) is 0 Å². The van der Waals surface area contributed by atoms with Crippen molar-refractivity contribution in [1.29, 1.82) is 0 Å². The van der Waals surface area contributed by atoms with Crippen molar-refractivity contribution in [2.45, 2.75) is 261 Å². The van der Waals surface area contributed by atoms with Gasteiger partial charge >= 0.3 is 0 Å². The van der Waals surface area contributed by atoms with Crippen LogP contribution in [-0.4, -0.2) is 37.4 Å². The average Bonchev–Trinajstić information content (AvgIpc) is 0.780. The number of ether oxygens (including phenoxy) is 2. The van der Waals surface area contributed by atoms with E-state index in [4.69, 9.17) is 9.47 Å². The molecule has 11 rings (SSSR count). The first-order valence-corrected chi connectivity index (χ1v) is 35.2. The quantitative estimate of drug-likeness (QED) is 0.0882. The Bertz CT molecular complexity index is 4100. The summed E-state index contributed by atoms with van der Waals surface area (Å²) in [4.78, 5) is 0. The highest BCUT2D eigenvalue weighted by Crippen LogP contribution is 2.48. The molecule has 0 unspecified atom stereocenters. The van der Waals surface area contributed by atoms with Crippen LogP contribution in [0.2, 0.25) is 0 Å². The summed E-state index contributed by atoms with van der Waals surface area (Å²) < 4.78 is 13.9. The van der Waals surface area contributed by atoms with Crippen molar-refractivity contribution in [3.05, 3.63) is 231 Å². The van der Waals surface area contributed by atoms with Crippen molar-refractivity contribution >= 4 is 0 Å². The lowest BCUT2D eigenvalue weighted by atomic mass is 9.79. The minimum Gasteiger partial charge on any atom is -0.507 e. The Balaban J connectivity index is 1.26. The predicted octanol–water partition coefficient (Wildman–Crippen LogP) is 21.1. The average molecular weight is 1310 g/mol. The van der Waals surface area contributed by atoms with E-state index in [1.807, 2.05) is 0 Å². The highest BCUT2D eigenvalue weighted by atomic mass is 16.7. The van der Waals surface area contributed by atoms with Gasteiger partial charge in [-0.15, -0.1) is 0 Å². The van der Waals surface area contributed by atoms with Crippen LogP contribution in [0.5, 0.6) is 46.0 Å². The highest BCUT2D eigenvalue weighted by molar-refractivity contribution is 5.62. The van der Waals surface area contributed by atoms with E-state index in [2.05, 4.69) is 263 Å². The SMILES string of the molecule is CC(C)(C)c1cc2c(O)c(c1)Cc1cc(C(C)(C)C)cc(c1O)Cc1cc(C(C)(C)C)cc(c1O)Cc1cc(C(C)(C)C)cc3c1OCOc1c(cc(C(C)(C)C)cc1C3)Cc1cc(C(C)(C)C)cc(c1O)Cc1cc(C(C)(C)C)cc(c1O)Cc1cc(C(C)(C)C)cc(c1O)C2. The Morgan fingerprint density at radius 1 is 0.186 bits per heavy atom. The molecule has 0 aromatic heterocycles. The third-order valence-electron chi connectivity index (χ3n) is 20.5. The molecule has 8 aromatic rings. The monoisotopic (exact) mass is 1310 g/mol. The van der Waals surface area contributed by atoms with E-state index in [1.54, 1.807) is 0 Å². The third-order valence-corrected chi connectivity index (χ3v) is 20.5. The number of hydrogen-bond acceptors (Lipinski definition) is 8. The lowest BCUT2D eigenvalue weighted by molar-refractivity contribution is 0.113. The summed E-state index contributed by atoms with van der Waals surface area (Å²) in [5.74, 6) is 2.15. The van der Waals surface area contributed by atoms with Crippen LogP contribution in [0.15, 0.2) is 97.1 Å². The van der Waals surface area contributed by atoms with Crippen molar-refractivity contribution in [1.82, 2.24) is 0 Å². The topological polar surface area (TPSA) is 140 Å². The molecule has 97 heavy (non-hydrogen) atoms. The van der Waals surface area contributed by atoms with Gasteiger partial charge in [0.1, 0.15) is 46.0 Å². The molecule has 2 aliphatic heterocycles. The molecule has 0 fully saturated rings. The molecule has 6 N–H and O–H groups in total. The standard InChI is InChI=1S/C89H112O8/c1-82(2,3)66-33-50-25-51-34-67(83(4,5)6)36-53(75(51)91)27-55-38-69(85(10,11)12)40-57(77(55)93)29-59-42-71(87(16,17)18)44-61(79(59)95)31-63-46-73(89(22,23)24)48-65-32-64-47-72(88(19,20)21)45-62(80(64)96-49-97-81(63)65)30-60-43-70(86(13,14)15)41-58(78(60)94)28-56-39-68(84(7,8)9)37-54(76(56)92)26-52(35-66)74(50)90/h33-48,90-95H,25-32,49H2,1-24H3. The minimum atomic E-state index is -0.350. The Kier molecular flexibility index (Phi) is 18.7. The highest BCUT2D eigenvalue weighted by Gasteiger charge is 2.32. The Morgan fingerprint density at radius 3 is 0.412 bits per heavy atom. The van der Waals surface area contributed by atoms with Crippen LogP contribution >= 0.6 is 0 Å². The summed E-state index contributed by atoms with van der Waals surface area (Å²) in [5, 5.41) is 77.3. The number of benzene rings is 8. The van der Waals surface area contributed by atoms with Crippen molar-refractivity contribution in [2.75, 3.05) is 6.79 Å². The predicted molar refractivity (Wildman–Crippen MR) is 400 cm³/mol. The third kappa shape index (κ3) is 15.4. The van der Waals surface area contributed by atoms with Crippen LogP contribution in [0.1, 0.15) is 300 Å². The van der Waals surface area contributed by atoms with Gasteiger partial charge in [-0.3, -0.25) is 0 Å². The molecule has 0 atom stereocenters. The van der Waals surface area contributed by atoms with E-state index < -0.39 is 0 Å². The van der Waals surface area contributed by atoms with Crippen LogP contribution in [-0.2, 0) is 94.7 Å². The van der Waals surface area contributed by atoms with E-state index >= 15 is 0 Å². The van der Waals surface area contributed by atoms with Crippen molar-refractivity contribution in [3.63, 3.8) is 0 Å². The number of aromatic hydroxyl groups is 6. The first-order valence-electron chi connectivity index (χ1n) is 35.2. The Labute approximate surface area is 581 Å². The lowest BCUT2D eigenvalue weighted by Crippen LogP contribution is -2.19. The smallest absolute Gasteiger partial charge is 0.230 e. The van der Waals surface area contributed by atoms with E-state index in [-0.39, 0.29) is 117 Å². The van der Waals surface area contributed by atoms with E-state index in [1.165, 1.54) is 0 Å². The van der Waals surface area contributed by atoms with Gasteiger partial charge in [0.15, 0.2) is 0 Å². The molecule has 516 valence electrons. The summed E-state index contributed by atoms with van der Waals surface area (Å²) in [6.07, 6.45) is 2.27. The summed E-state index contributed by atoms with van der Waals surface area (Å²) in [7, 11) is 0. The molecule has 3 aliphatic rings. The molecule has 8 aromatic carbocycles. The van der Waals surface area contributed by atoms with E-state index in [0.29, 0.717) is 74.9 Å². The number of phenols is 6. The Morgan fingerprint density at radius 2 is 0.289 bits per heavy atom. The second-order valence-electron chi connectivity index (χ2n) is 36.9. The van der Waals surface area contributed by atoms with Gasteiger partial charge < -0.3 is 40.1 Å². The lowest BCUT2D eigenvalue weighted by Gasteiger charge is -2.29. The largest absolute Gasteiger partial charge is 0.507 e. The molecule has 0 saturated carbocycles. The van der Waals surface area contributed by atoms with Gasteiger partial charge in [0.2, 0.25) is 6.79 Å². The number of fused-ring (bicyclic) bond motifs is 2. The number of hydrogen-bond donors (Lipinski definition) is 6. The zero-order valence-electron chi connectivity index (χ0n) is 63.1. The summed E-state index contributed by atoms with van der Waals surface area (Å²) in [5.41, 5.74) is 17.8. The molecule has 0 spiro atoms. The first kappa shape index (κ1) is 71.9. The summed E-state index contributed by atoms with van der Waals surface area (Å²) >= 11 is 0. The molecule has 0 amide bonds. The molecule has 2 heterocycles. The maximum atomic E-state index is 12.9. The summed E-state index contributed by atoms with van der Waals surface area (Å²) in [6.45, 7) is 52.4. The zero-order chi connectivity index (χ0) is 71.6. The van der Waals surface area contributed by atoms with Crippen LogP contribution in [0.3, 0.4) is 0 Å². The molecule has 18 bridgehead atoms. The van der Waals surface area contributed by atoms with Crippen LogP contribution in [0.25, 0.3) is 0 Å². The maximum absolute atomic E-state index is 12.9. The van der Waals surface area contributed by atoms with Crippen LogP contribution in [0, 0.1) is 0 Å². The molecule has 8 heteroatoms. The van der Waals surface area contributed by atoms with Gasteiger partial charge in [-0.05, 0) is 177 Å². The molecule has 8 nitrogen and oxygen atoms in total. The maximum Gasteiger partial charge on any atom is 0.230 e. The fourth-order valence-electron chi connectivity index (χ4n) is 13.8. The van der Waals surface area contributed by atoms with Gasteiger partial charge in [0, 0.05) is 51.4 Å². The molecule has 0 radical (unpaired) electrons. The first-order chi connectivity index (χ1) is 44.5. The number of phenolic OH excluding ortho intramolecular Hbond substituents is 6. The zero-order valence-corrected chi connectivity index (χ0v) is 63.1. The normalized spacial score (nSPS) is 14.6. The van der Waals surface area contributed by atoms with Gasteiger partial charge in [0.05, 0.1) is 0 Å². The molecular weight excluding hydrogens is 1200 g/mol. The van der Waals surface area contributed by atoms with E-state index in [0.717, 1.165) is 89.4 Å². The second kappa shape index (κ2) is 25.2. The van der Waals surface area contributed by atoms with E-state index in [9.17, 15) is 30.6 Å². The van der Waals surface area contributed by atoms with Crippen molar-refractivity contribution < 1.29 is 40.1 Å². The van der Waals surface area contributed by atoms with Gasteiger partial charge in [-0.25, -0.2) is 0 Å².